The van der Waals surface area contributed by atoms with E-state index in [0.717, 1.165) is 11.3 Å². The number of carbonyl (C=O) groups is 5. The molecule has 5 unspecified atom stereocenters. The Hall–Kier alpha value is -4.18. The largest absolute Gasteiger partial charge is 0.444 e. The summed E-state index contributed by atoms with van der Waals surface area (Å²) in [6.07, 6.45) is 3.97. The molecule has 1 aromatic rings. The molecule has 0 bridgehead atoms. The summed E-state index contributed by atoms with van der Waals surface area (Å²) in [5, 5.41) is 4.71. The lowest BCUT2D eigenvalue weighted by Gasteiger charge is -2.30. The highest BCUT2D eigenvalue weighted by molar-refractivity contribution is 7.91. The molecule has 0 aromatic heterocycles. The monoisotopic (exact) mass is 715 g/mol. The second-order valence-corrected chi connectivity index (χ2v) is 16.5. The summed E-state index contributed by atoms with van der Waals surface area (Å²) in [6, 6.07) is 4.98. The number of nitrogens with one attached hydrogen (secondary N) is 3. The second kappa shape index (κ2) is 13.9. The van der Waals surface area contributed by atoms with Crippen LogP contribution in [0.3, 0.4) is 0 Å². The smallest absolute Gasteiger partial charge is 0.414 e. The lowest BCUT2D eigenvalue weighted by Crippen LogP contribution is -2.59. The lowest BCUT2D eigenvalue weighted by atomic mass is 10.1. The minimum Gasteiger partial charge on any atom is -0.444 e. The molecule has 3 N–H and O–H groups in total. The summed E-state index contributed by atoms with van der Waals surface area (Å²) >= 11 is 0. The van der Waals surface area contributed by atoms with Crippen LogP contribution in [0.25, 0.3) is 0 Å². The van der Waals surface area contributed by atoms with Gasteiger partial charge >= 0.3 is 12.2 Å². The lowest BCUT2D eigenvalue weighted by molar-refractivity contribution is -0.142. The van der Waals surface area contributed by atoms with Crippen molar-refractivity contribution in [2.24, 2.45) is 5.92 Å². The van der Waals surface area contributed by atoms with Crippen LogP contribution in [0.2, 0.25) is 0 Å². The van der Waals surface area contributed by atoms with Crippen molar-refractivity contribution in [1.29, 1.82) is 0 Å². The third-order valence-corrected chi connectivity index (χ3v) is 11.3. The molecule has 1 saturated heterocycles. The van der Waals surface area contributed by atoms with E-state index >= 15 is 0 Å². The first kappa shape index (κ1) is 35.6. The maximum absolute atomic E-state index is 14.2. The van der Waals surface area contributed by atoms with Gasteiger partial charge in [0, 0.05) is 25.5 Å². The van der Waals surface area contributed by atoms with Gasteiger partial charge in [0.1, 0.15) is 29.3 Å². The van der Waals surface area contributed by atoms with E-state index in [0.29, 0.717) is 38.6 Å². The Morgan fingerprint density at radius 2 is 1.88 bits per heavy atom. The Labute approximate surface area is 291 Å². The van der Waals surface area contributed by atoms with Crippen LogP contribution in [0.4, 0.5) is 15.3 Å². The first-order chi connectivity index (χ1) is 23.7. The van der Waals surface area contributed by atoms with E-state index in [1.165, 1.54) is 9.80 Å². The molecular formula is C34H45N5O10S. The molecule has 5 amide bonds. The number of benzene rings is 1. The molecule has 272 valence electrons. The van der Waals surface area contributed by atoms with Gasteiger partial charge in [0.25, 0.3) is 5.91 Å². The zero-order valence-electron chi connectivity index (χ0n) is 28.5. The Kier molecular flexibility index (Phi) is 9.87. The molecule has 1 aromatic carbocycles. The highest BCUT2D eigenvalue weighted by Gasteiger charge is 2.62. The number of para-hydroxylation sites is 1. The van der Waals surface area contributed by atoms with Crippen LogP contribution in [0.15, 0.2) is 36.4 Å². The number of hydrogen-bond donors (Lipinski definition) is 3. The first-order valence-corrected chi connectivity index (χ1v) is 18.7. The van der Waals surface area contributed by atoms with Crippen molar-refractivity contribution in [3.63, 3.8) is 0 Å². The van der Waals surface area contributed by atoms with Crippen molar-refractivity contribution in [2.45, 2.75) is 100 Å². The number of amides is 5. The minimum absolute atomic E-state index is 0.0998. The molecular weight excluding hydrogens is 670 g/mol. The molecule has 15 nitrogen and oxygen atoms in total. The van der Waals surface area contributed by atoms with Gasteiger partial charge in [0.05, 0.1) is 24.1 Å². The molecule has 3 fully saturated rings. The number of sulfonamides is 1. The number of hydrogen-bond acceptors (Lipinski definition) is 10. The summed E-state index contributed by atoms with van der Waals surface area (Å²) < 4.78 is 44.7. The fraction of sp³-hybridized carbons (Fsp3) is 0.618. The van der Waals surface area contributed by atoms with Crippen LogP contribution in [-0.2, 0) is 45.0 Å². The highest BCUT2D eigenvalue weighted by Crippen LogP contribution is 2.46. The summed E-state index contributed by atoms with van der Waals surface area (Å²) in [4.78, 5) is 70.9. The molecule has 2 saturated carbocycles. The van der Waals surface area contributed by atoms with Gasteiger partial charge in [0.15, 0.2) is 0 Å². The second-order valence-electron chi connectivity index (χ2n) is 14.6. The Bertz CT molecular complexity index is 1670. The maximum Gasteiger partial charge on any atom is 0.414 e. The van der Waals surface area contributed by atoms with Gasteiger partial charge in [-0.2, -0.15) is 0 Å². The summed E-state index contributed by atoms with van der Waals surface area (Å²) in [6.45, 7) is 5.31. The van der Waals surface area contributed by atoms with E-state index in [2.05, 4.69) is 15.4 Å². The Balaban J connectivity index is 1.26. The molecule has 5 atom stereocenters. The molecule has 2 aliphatic carbocycles. The zero-order chi connectivity index (χ0) is 35.8. The third-order valence-electron chi connectivity index (χ3n) is 9.49. The van der Waals surface area contributed by atoms with Crippen molar-refractivity contribution in [3.8, 4) is 0 Å². The van der Waals surface area contributed by atoms with Gasteiger partial charge in [-0.3, -0.25) is 24.0 Å². The molecule has 50 heavy (non-hydrogen) atoms. The number of carbonyl (C=O) groups excluding carboxylic acids is 5. The number of ether oxygens (including phenoxy) is 3. The molecule has 3 aliphatic heterocycles. The first-order valence-electron chi connectivity index (χ1n) is 17.2. The van der Waals surface area contributed by atoms with Crippen LogP contribution in [0.5, 0.6) is 0 Å². The number of fused-ring (bicyclic) bond motifs is 3. The van der Waals surface area contributed by atoms with Crippen LogP contribution in [0, 0.1) is 5.92 Å². The van der Waals surface area contributed by atoms with Crippen molar-refractivity contribution >= 4 is 45.6 Å². The molecule has 3 heterocycles. The molecule has 5 aliphatic rings. The normalized spacial score (nSPS) is 29.3. The van der Waals surface area contributed by atoms with Crippen LogP contribution in [0.1, 0.15) is 64.9 Å². The van der Waals surface area contributed by atoms with Crippen molar-refractivity contribution in [3.05, 3.63) is 42.0 Å². The van der Waals surface area contributed by atoms with Gasteiger partial charge in [-0.25, -0.2) is 18.0 Å². The van der Waals surface area contributed by atoms with Crippen molar-refractivity contribution < 1.29 is 46.6 Å². The average Bonchev–Trinajstić information content (AvgIpc) is 3.93. The SMILES string of the molecule is CC(C)(C)OC(=O)NC1COCCC/C=C/C2CC2(C(=O)NS(=O)(=O)C2CC2)NC(=O)C2CC(OC(=O)N3CCc4ccccc43)CN2C1=O. The number of rotatable bonds is 5. The fourth-order valence-corrected chi connectivity index (χ4v) is 8.03. The summed E-state index contributed by atoms with van der Waals surface area (Å²) in [5.41, 5.74) is -0.690. The molecule has 16 heteroatoms. The van der Waals surface area contributed by atoms with Crippen LogP contribution >= 0.6 is 0 Å². The fourth-order valence-electron chi connectivity index (χ4n) is 6.67. The number of anilines is 1. The van der Waals surface area contributed by atoms with Gasteiger partial charge in [0.2, 0.25) is 21.8 Å². The highest BCUT2D eigenvalue weighted by atomic mass is 32.2. The van der Waals surface area contributed by atoms with E-state index in [9.17, 15) is 32.4 Å². The summed E-state index contributed by atoms with van der Waals surface area (Å²) in [7, 11) is -3.91. The molecule has 6 rings (SSSR count). The number of allylic oxidation sites excluding steroid dienone is 1. The van der Waals surface area contributed by atoms with Gasteiger partial charge in [-0.1, -0.05) is 30.4 Å². The Morgan fingerprint density at radius 3 is 2.62 bits per heavy atom. The number of nitrogens with zero attached hydrogens (tertiary/aromatic N) is 2. The predicted octanol–water partition coefficient (Wildman–Crippen LogP) is 1.90. The van der Waals surface area contributed by atoms with E-state index in [1.54, 1.807) is 26.8 Å². The van der Waals surface area contributed by atoms with Gasteiger partial charge in [-0.15, -0.1) is 0 Å². The zero-order valence-corrected chi connectivity index (χ0v) is 29.3. The van der Waals surface area contributed by atoms with E-state index in [1.807, 2.05) is 30.3 Å². The summed E-state index contributed by atoms with van der Waals surface area (Å²) in [5.74, 6) is -2.71. The Morgan fingerprint density at radius 1 is 1.12 bits per heavy atom. The quantitative estimate of drug-likeness (QED) is 0.380. The molecule has 0 radical (unpaired) electrons. The standard InChI is InChI=1S/C34H45N5O10S/c1-33(2,3)49-31(43)35-25-20-47-16-8-4-5-10-22-18-34(22,30(42)37-50(45,46)24-12-13-24)36-28(40)27-17-23(19-39(27)29(25)41)48-32(44)38-15-14-21-9-6-7-11-26(21)38/h5-7,9-11,22-25,27H,4,8,12-20H2,1-3H3,(H,35,43)(H,36,40)(H,37,42)/b10-5+. The van der Waals surface area contributed by atoms with Crippen LogP contribution < -0.4 is 20.3 Å². The van der Waals surface area contributed by atoms with Crippen molar-refractivity contribution in [2.75, 3.05) is 31.2 Å². The topological polar surface area (TPSA) is 190 Å². The predicted molar refractivity (Wildman–Crippen MR) is 179 cm³/mol. The van der Waals surface area contributed by atoms with Crippen LogP contribution in [-0.4, -0.2) is 104 Å². The van der Waals surface area contributed by atoms with Gasteiger partial charge in [-0.05, 0) is 70.9 Å². The van der Waals surface area contributed by atoms with E-state index in [4.69, 9.17) is 14.2 Å². The van der Waals surface area contributed by atoms with E-state index < -0.39 is 80.4 Å². The third kappa shape index (κ3) is 7.90. The minimum atomic E-state index is -3.91. The maximum atomic E-state index is 14.2. The number of alkyl carbamates (subject to hydrolysis) is 1. The van der Waals surface area contributed by atoms with Gasteiger partial charge < -0.3 is 29.7 Å². The van der Waals surface area contributed by atoms with Crippen molar-refractivity contribution in [1.82, 2.24) is 20.3 Å². The van der Waals surface area contributed by atoms with E-state index in [-0.39, 0.29) is 32.6 Å². The average molecular weight is 716 g/mol. The molecule has 0 spiro atoms.